The Bertz CT molecular complexity index is 678. The van der Waals surface area contributed by atoms with E-state index < -0.39 is 0 Å². The van der Waals surface area contributed by atoms with E-state index in [1.54, 1.807) is 10.9 Å². The number of ether oxygens (including phenoxy) is 1. The summed E-state index contributed by atoms with van der Waals surface area (Å²) in [6, 6.07) is -0.422. The van der Waals surface area contributed by atoms with E-state index in [2.05, 4.69) is 20.9 Å². The van der Waals surface area contributed by atoms with Gasteiger partial charge in [0.2, 0.25) is 0 Å². The lowest BCUT2D eigenvalue weighted by Gasteiger charge is -2.19. The second-order valence-electron chi connectivity index (χ2n) is 5.44. The highest BCUT2D eigenvalue weighted by atomic mass is 16.5. The van der Waals surface area contributed by atoms with Crippen molar-refractivity contribution in [3.63, 3.8) is 0 Å². The molecule has 1 fully saturated rings. The van der Waals surface area contributed by atoms with Crippen LogP contribution in [0.5, 0.6) is 0 Å². The number of hydrogen-bond donors (Lipinski definition) is 2. The number of amides is 2. The molecular weight excluding hydrogens is 286 g/mol. The molecular formula is C14H19N5O3. The molecule has 8 nitrogen and oxygen atoms in total. The molecule has 1 aliphatic rings. The van der Waals surface area contributed by atoms with Crippen LogP contribution in [0, 0.1) is 13.8 Å². The minimum Gasteiger partial charge on any atom is -0.371 e. The third-order valence-electron chi connectivity index (χ3n) is 3.97. The van der Waals surface area contributed by atoms with Gasteiger partial charge in [-0.3, -0.25) is 10.00 Å². The van der Waals surface area contributed by atoms with Crippen molar-refractivity contribution in [2.45, 2.75) is 32.4 Å². The van der Waals surface area contributed by atoms with E-state index in [0.29, 0.717) is 12.4 Å². The molecule has 0 aliphatic carbocycles. The van der Waals surface area contributed by atoms with E-state index in [-0.39, 0.29) is 18.2 Å². The summed E-state index contributed by atoms with van der Waals surface area (Å²) in [5.41, 5.74) is 2.81. The van der Waals surface area contributed by atoms with Crippen molar-refractivity contribution < 1.29 is 14.1 Å². The van der Waals surface area contributed by atoms with Gasteiger partial charge < -0.3 is 14.6 Å². The Morgan fingerprint density at radius 2 is 2.27 bits per heavy atom. The van der Waals surface area contributed by atoms with E-state index in [4.69, 9.17) is 9.26 Å². The Hall–Kier alpha value is -2.35. The Balaban J connectivity index is 1.67. The largest absolute Gasteiger partial charge is 0.371 e. The van der Waals surface area contributed by atoms with Gasteiger partial charge in [0.05, 0.1) is 12.2 Å². The molecule has 2 aromatic rings. The van der Waals surface area contributed by atoms with Gasteiger partial charge in [-0.25, -0.2) is 4.79 Å². The van der Waals surface area contributed by atoms with Crippen LogP contribution in [-0.2, 0) is 11.8 Å². The highest BCUT2D eigenvalue weighted by Gasteiger charge is 2.33. The van der Waals surface area contributed by atoms with Gasteiger partial charge in [-0.1, -0.05) is 5.16 Å². The van der Waals surface area contributed by atoms with Gasteiger partial charge in [0.1, 0.15) is 12.4 Å². The van der Waals surface area contributed by atoms with E-state index >= 15 is 0 Å². The van der Waals surface area contributed by atoms with E-state index in [1.165, 1.54) is 6.26 Å². The molecule has 0 aromatic carbocycles. The molecule has 2 N–H and O–H groups in total. The van der Waals surface area contributed by atoms with Crippen LogP contribution in [0.1, 0.15) is 29.3 Å². The number of aromatic nitrogens is 3. The van der Waals surface area contributed by atoms with Crippen LogP contribution in [0.4, 0.5) is 10.6 Å². The lowest BCUT2D eigenvalue weighted by Crippen LogP contribution is -2.39. The third kappa shape index (κ3) is 2.69. The second kappa shape index (κ2) is 5.80. The van der Waals surface area contributed by atoms with Crippen molar-refractivity contribution in [2.75, 3.05) is 11.9 Å². The number of anilines is 1. The van der Waals surface area contributed by atoms with Crippen molar-refractivity contribution in [1.82, 2.24) is 20.3 Å². The molecule has 118 valence electrons. The standard InChI is InChI=1S/C14H19N5O3/c1-8-7-22-18-13(8)17-14(20)16-11-4-5-21-12(11)10-6-15-19(3)9(10)2/h6-7,11-12H,4-5H2,1-3H3,(H2,16,17,18,20)/t11-,12+/m0/s1. The Morgan fingerprint density at radius 1 is 1.45 bits per heavy atom. The van der Waals surface area contributed by atoms with Crippen LogP contribution in [0.15, 0.2) is 17.0 Å². The first kappa shape index (κ1) is 14.6. The average Bonchev–Trinajstić information content (AvgIpc) is 3.16. The fourth-order valence-corrected chi connectivity index (χ4v) is 2.56. The normalized spacial score (nSPS) is 21.0. The summed E-state index contributed by atoms with van der Waals surface area (Å²) in [5, 5.41) is 13.6. The highest BCUT2D eigenvalue weighted by molar-refractivity contribution is 5.89. The number of nitrogens with zero attached hydrogens (tertiary/aromatic N) is 3. The summed E-state index contributed by atoms with van der Waals surface area (Å²) in [6.07, 6.45) is 3.85. The molecule has 3 rings (SSSR count). The van der Waals surface area contributed by atoms with Crippen LogP contribution in [0.3, 0.4) is 0 Å². The maximum absolute atomic E-state index is 12.1. The zero-order valence-corrected chi connectivity index (χ0v) is 12.8. The molecule has 1 saturated heterocycles. The molecule has 8 heteroatoms. The molecule has 2 atom stereocenters. The van der Waals surface area contributed by atoms with Crippen molar-refractivity contribution in [1.29, 1.82) is 0 Å². The van der Waals surface area contributed by atoms with E-state index in [0.717, 1.165) is 23.2 Å². The van der Waals surface area contributed by atoms with Gasteiger partial charge in [0.25, 0.3) is 0 Å². The third-order valence-corrected chi connectivity index (χ3v) is 3.97. The summed E-state index contributed by atoms with van der Waals surface area (Å²) >= 11 is 0. The van der Waals surface area contributed by atoms with Crippen LogP contribution >= 0.6 is 0 Å². The molecule has 3 heterocycles. The zero-order chi connectivity index (χ0) is 15.7. The first-order valence-corrected chi connectivity index (χ1v) is 7.15. The Kier molecular flexibility index (Phi) is 3.84. The highest BCUT2D eigenvalue weighted by Crippen LogP contribution is 2.31. The number of nitrogens with one attached hydrogen (secondary N) is 2. The molecule has 2 aromatic heterocycles. The minimum absolute atomic E-state index is 0.102. The number of rotatable bonds is 3. The van der Waals surface area contributed by atoms with Crippen molar-refractivity contribution >= 4 is 11.8 Å². The average molecular weight is 305 g/mol. The van der Waals surface area contributed by atoms with Crippen LogP contribution in [0.25, 0.3) is 0 Å². The SMILES string of the molecule is Cc1conc1NC(=O)N[C@H]1CCO[C@@H]1c1cnn(C)c1C. The van der Waals surface area contributed by atoms with Crippen LogP contribution in [0.2, 0.25) is 0 Å². The number of carbonyl (C=O) groups is 1. The van der Waals surface area contributed by atoms with Crippen molar-refractivity contribution in [2.24, 2.45) is 7.05 Å². The first-order chi connectivity index (χ1) is 10.6. The number of carbonyl (C=O) groups excluding carboxylic acids is 1. The number of aryl methyl sites for hydroxylation is 2. The van der Waals surface area contributed by atoms with Gasteiger partial charge in [-0.05, 0) is 20.3 Å². The first-order valence-electron chi connectivity index (χ1n) is 7.15. The maximum Gasteiger partial charge on any atom is 0.320 e. The fraction of sp³-hybridized carbons (Fsp3) is 0.500. The molecule has 22 heavy (non-hydrogen) atoms. The lowest BCUT2D eigenvalue weighted by atomic mass is 10.0. The maximum atomic E-state index is 12.1. The Morgan fingerprint density at radius 3 is 2.91 bits per heavy atom. The van der Waals surface area contributed by atoms with Gasteiger partial charge in [-0.15, -0.1) is 0 Å². The predicted molar refractivity (Wildman–Crippen MR) is 78.4 cm³/mol. The lowest BCUT2D eigenvalue weighted by molar-refractivity contribution is 0.0998. The molecule has 1 aliphatic heterocycles. The summed E-state index contributed by atoms with van der Waals surface area (Å²) < 4.78 is 12.4. The smallest absolute Gasteiger partial charge is 0.320 e. The quantitative estimate of drug-likeness (QED) is 0.899. The van der Waals surface area contributed by atoms with Gasteiger partial charge in [-0.2, -0.15) is 5.10 Å². The zero-order valence-electron chi connectivity index (χ0n) is 12.8. The molecule has 2 amide bonds. The van der Waals surface area contributed by atoms with Crippen LogP contribution in [-0.4, -0.2) is 33.6 Å². The Labute approximate surface area is 127 Å². The molecule has 0 unspecified atom stereocenters. The monoisotopic (exact) mass is 305 g/mol. The fourth-order valence-electron chi connectivity index (χ4n) is 2.56. The summed E-state index contributed by atoms with van der Waals surface area (Å²) in [5.74, 6) is 0.422. The molecule has 0 bridgehead atoms. The van der Waals surface area contributed by atoms with Gasteiger partial charge in [0, 0.05) is 30.5 Å². The topological polar surface area (TPSA) is 94.2 Å². The summed E-state index contributed by atoms with van der Waals surface area (Å²) in [7, 11) is 1.89. The molecule has 0 radical (unpaired) electrons. The van der Waals surface area contributed by atoms with Crippen molar-refractivity contribution in [3.05, 3.63) is 29.3 Å². The predicted octanol–water partition coefficient (Wildman–Crippen LogP) is 1.68. The number of urea groups is 1. The van der Waals surface area contributed by atoms with E-state index in [9.17, 15) is 4.79 Å². The second-order valence-corrected chi connectivity index (χ2v) is 5.44. The molecule has 0 saturated carbocycles. The molecule has 0 spiro atoms. The minimum atomic E-state index is -0.320. The summed E-state index contributed by atoms with van der Waals surface area (Å²) in [6.45, 7) is 4.40. The van der Waals surface area contributed by atoms with Gasteiger partial charge >= 0.3 is 6.03 Å². The van der Waals surface area contributed by atoms with Gasteiger partial charge in [0.15, 0.2) is 5.82 Å². The summed E-state index contributed by atoms with van der Waals surface area (Å²) in [4.78, 5) is 12.1. The van der Waals surface area contributed by atoms with Crippen LogP contribution < -0.4 is 10.6 Å². The van der Waals surface area contributed by atoms with Crippen molar-refractivity contribution in [3.8, 4) is 0 Å². The van der Waals surface area contributed by atoms with E-state index in [1.807, 2.05) is 20.9 Å². The number of hydrogen-bond acceptors (Lipinski definition) is 5.